The highest BCUT2D eigenvalue weighted by atomic mass is 19.1. The molecule has 0 aliphatic carbocycles. The van der Waals surface area contributed by atoms with Gasteiger partial charge in [0, 0.05) is 31.1 Å². The predicted octanol–water partition coefficient (Wildman–Crippen LogP) is 2.78. The molecule has 0 unspecified atom stereocenters. The Bertz CT molecular complexity index is 882. The molecule has 0 saturated carbocycles. The molecular weight excluding hydrogens is 339 g/mol. The van der Waals surface area contributed by atoms with Gasteiger partial charge in [-0.1, -0.05) is 6.07 Å². The third kappa shape index (κ3) is 3.88. The molecule has 0 atom stereocenters. The van der Waals surface area contributed by atoms with Crippen molar-refractivity contribution in [2.45, 2.75) is 12.8 Å². The maximum atomic E-state index is 13.1. The van der Waals surface area contributed by atoms with Gasteiger partial charge in [0.25, 0.3) is 5.91 Å². The number of ketones is 1. The molecule has 7 heteroatoms. The van der Waals surface area contributed by atoms with Crippen LogP contribution in [-0.4, -0.2) is 31.3 Å². The van der Waals surface area contributed by atoms with Gasteiger partial charge in [-0.15, -0.1) is 0 Å². The van der Waals surface area contributed by atoms with Gasteiger partial charge in [0.2, 0.25) is 5.91 Å². The quantitative estimate of drug-likeness (QED) is 0.836. The number of nitrogens with zero attached hydrogens (tertiary/aromatic N) is 1. The molecule has 0 saturated heterocycles. The minimum Gasteiger partial charge on any atom is -0.482 e. The zero-order chi connectivity index (χ0) is 18.7. The largest absolute Gasteiger partial charge is 0.482 e. The second-order valence-corrected chi connectivity index (χ2v) is 5.91. The number of carbonyl (C=O) groups excluding carboxylic acids is 3. The zero-order valence-corrected chi connectivity index (χ0v) is 14.1. The lowest BCUT2D eigenvalue weighted by Crippen LogP contribution is -2.35. The monoisotopic (exact) mass is 356 g/mol. The summed E-state index contributed by atoms with van der Waals surface area (Å²) in [5.41, 5.74) is 1.26. The highest BCUT2D eigenvalue weighted by Gasteiger charge is 2.23. The molecule has 2 aromatic rings. The van der Waals surface area contributed by atoms with Crippen LogP contribution in [0.2, 0.25) is 0 Å². The number of anilines is 2. The minimum absolute atomic E-state index is 0.00153. The van der Waals surface area contributed by atoms with Crippen molar-refractivity contribution in [3.05, 3.63) is 53.8 Å². The topological polar surface area (TPSA) is 75.7 Å². The van der Waals surface area contributed by atoms with Crippen LogP contribution in [0.15, 0.2) is 42.5 Å². The summed E-state index contributed by atoms with van der Waals surface area (Å²) in [7, 11) is 1.62. The van der Waals surface area contributed by atoms with Gasteiger partial charge in [-0.3, -0.25) is 14.4 Å². The van der Waals surface area contributed by atoms with Crippen molar-refractivity contribution in [2.24, 2.45) is 0 Å². The van der Waals surface area contributed by atoms with E-state index in [-0.39, 0.29) is 37.0 Å². The first-order valence-corrected chi connectivity index (χ1v) is 8.06. The Morgan fingerprint density at radius 1 is 1.19 bits per heavy atom. The molecule has 134 valence electrons. The van der Waals surface area contributed by atoms with E-state index in [2.05, 4.69) is 5.32 Å². The van der Waals surface area contributed by atoms with E-state index >= 15 is 0 Å². The molecule has 1 aliphatic rings. The van der Waals surface area contributed by atoms with Crippen molar-refractivity contribution in [2.75, 3.05) is 23.9 Å². The molecule has 1 N–H and O–H groups in total. The van der Waals surface area contributed by atoms with Crippen LogP contribution in [0, 0.1) is 5.82 Å². The van der Waals surface area contributed by atoms with Crippen LogP contribution in [0.3, 0.4) is 0 Å². The molecule has 0 radical (unpaired) electrons. The fraction of sp³-hybridized carbons (Fsp3) is 0.211. The molecule has 0 bridgehead atoms. The Kier molecular flexibility index (Phi) is 4.97. The number of hydrogen-bond donors (Lipinski definition) is 1. The number of carbonyl (C=O) groups is 3. The summed E-state index contributed by atoms with van der Waals surface area (Å²) in [6.45, 7) is -0.0307. The molecule has 2 amide bonds. The predicted molar refractivity (Wildman–Crippen MR) is 93.9 cm³/mol. The number of nitrogens with one attached hydrogen (secondary N) is 1. The number of benzene rings is 2. The Morgan fingerprint density at radius 2 is 2.00 bits per heavy atom. The van der Waals surface area contributed by atoms with Crippen molar-refractivity contribution in [3.63, 3.8) is 0 Å². The average Bonchev–Trinajstić information content (AvgIpc) is 2.62. The lowest BCUT2D eigenvalue weighted by molar-refractivity contribution is -0.121. The molecule has 0 spiro atoms. The van der Waals surface area contributed by atoms with Crippen LogP contribution >= 0.6 is 0 Å². The van der Waals surface area contributed by atoms with Crippen LogP contribution in [-0.2, 0) is 9.59 Å². The number of halogens is 1. The van der Waals surface area contributed by atoms with E-state index in [4.69, 9.17) is 4.74 Å². The van der Waals surface area contributed by atoms with E-state index in [0.717, 1.165) is 0 Å². The summed E-state index contributed by atoms with van der Waals surface area (Å²) in [4.78, 5) is 37.4. The highest BCUT2D eigenvalue weighted by Crippen LogP contribution is 2.32. The van der Waals surface area contributed by atoms with Crippen LogP contribution < -0.4 is 15.0 Å². The normalized spacial score (nSPS) is 13.0. The Labute approximate surface area is 149 Å². The van der Waals surface area contributed by atoms with Gasteiger partial charge in [0.15, 0.2) is 12.4 Å². The second kappa shape index (κ2) is 7.35. The van der Waals surface area contributed by atoms with E-state index in [1.807, 2.05) is 0 Å². The van der Waals surface area contributed by atoms with E-state index in [0.29, 0.717) is 22.7 Å². The number of ether oxygens (including phenoxy) is 1. The van der Waals surface area contributed by atoms with E-state index < -0.39 is 5.82 Å². The van der Waals surface area contributed by atoms with Crippen molar-refractivity contribution in [1.82, 2.24) is 0 Å². The van der Waals surface area contributed by atoms with E-state index in [9.17, 15) is 18.8 Å². The molecule has 0 fully saturated rings. The summed E-state index contributed by atoms with van der Waals surface area (Å²) in [5, 5.41) is 2.55. The number of Topliss-reactive ketones (excluding diaryl/α,β-unsaturated/α-hetero) is 1. The highest BCUT2D eigenvalue weighted by molar-refractivity contribution is 6.03. The minimum atomic E-state index is -0.450. The maximum Gasteiger partial charge on any atom is 0.264 e. The molecule has 1 heterocycles. The second-order valence-electron chi connectivity index (χ2n) is 5.91. The van der Waals surface area contributed by atoms with E-state index in [1.54, 1.807) is 31.3 Å². The molecular formula is C19H17FN2O4. The maximum absolute atomic E-state index is 13.1. The Hall–Kier alpha value is -3.22. The van der Waals surface area contributed by atoms with E-state index in [1.165, 1.54) is 23.1 Å². The van der Waals surface area contributed by atoms with Crippen LogP contribution in [0.25, 0.3) is 0 Å². The molecule has 0 aromatic heterocycles. The van der Waals surface area contributed by atoms with Crippen LogP contribution in [0.4, 0.5) is 15.8 Å². The van der Waals surface area contributed by atoms with Crippen molar-refractivity contribution in [1.29, 1.82) is 0 Å². The first-order valence-electron chi connectivity index (χ1n) is 8.06. The molecule has 1 aliphatic heterocycles. The summed E-state index contributed by atoms with van der Waals surface area (Å²) < 4.78 is 18.4. The van der Waals surface area contributed by atoms with Crippen molar-refractivity contribution >= 4 is 29.0 Å². The zero-order valence-electron chi connectivity index (χ0n) is 14.1. The van der Waals surface area contributed by atoms with Gasteiger partial charge in [-0.25, -0.2) is 4.39 Å². The number of fused-ring (bicyclic) bond motifs is 1. The summed E-state index contributed by atoms with van der Waals surface area (Å²) in [6.07, 6.45) is -0.0316. The standard InChI is InChI=1S/C19H17FN2O4/c1-22-15-9-12(5-7-17(15)26-11-19(22)25)16(23)6-8-18(24)21-14-4-2-3-13(20)10-14/h2-5,7,9-10H,6,8,11H2,1H3,(H,21,24). The SMILES string of the molecule is CN1C(=O)COc2ccc(C(=O)CCC(=O)Nc3cccc(F)c3)cc21. The molecule has 2 aromatic carbocycles. The van der Waals surface area contributed by atoms with Gasteiger partial charge in [-0.2, -0.15) is 0 Å². The summed E-state index contributed by atoms with van der Waals surface area (Å²) in [5.74, 6) is -0.718. The van der Waals surface area contributed by atoms with Crippen LogP contribution in [0.1, 0.15) is 23.2 Å². The average molecular weight is 356 g/mol. The van der Waals surface area contributed by atoms with Gasteiger partial charge in [0.05, 0.1) is 5.69 Å². The number of amides is 2. The summed E-state index contributed by atoms with van der Waals surface area (Å²) in [6, 6.07) is 10.4. The molecule has 26 heavy (non-hydrogen) atoms. The summed E-state index contributed by atoms with van der Waals surface area (Å²) >= 11 is 0. The third-order valence-electron chi connectivity index (χ3n) is 4.06. The van der Waals surface area contributed by atoms with Gasteiger partial charge >= 0.3 is 0 Å². The van der Waals surface area contributed by atoms with Crippen LogP contribution in [0.5, 0.6) is 5.75 Å². The van der Waals surface area contributed by atoms with Crippen molar-refractivity contribution in [3.8, 4) is 5.75 Å². The first kappa shape index (κ1) is 17.6. The number of rotatable bonds is 5. The smallest absolute Gasteiger partial charge is 0.264 e. The van der Waals surface area contributed by atoms with Gasteiger partial charge in [-0.05, 0) is 36.4 Å². The Balaban J connectivity index is 1.62. The number of hydrogen-bond acceptors (Lipinski definition) is 4. The molecule has 3 rings (SSSR count). The van der Waals surface area contributed by atoms with Gasteiger partial charge in [0.1, 0.15) is 11.6 Å². The lowest BCUT2D eigenvalue weighted by atomic mass is 10.0. The first-order chi connectivity index (χ1) is 12.4. The fourth-order valence-electron chi connectivity index (χ4n) is 2.61. The van der Waals surface area contributed by atoms with Gasteiger partial charge < -0.3 is 15.0 Å². The third-order valence-corrected chi connectivity index (χ3v) is 4.06. The molecule has 6 nitrogen and oxygen atoms in total. The Morgan fingerprint density at radius 3 is 2.77 bits per heavy atom. The van der Waals surface area contributed by atoms with Crippen molar-refractivity contribution < 1.29 is 23.5 Å². The lowest BCUT2D eigenvalue weighted by Gasteiger charge is -2.26. The fourth-order valence-corrected chi connectivity index (χ4v) is 2.61. The number of likely N-dealkylation sites (N-methyl/N-ethyl adjacent to an activating group) is 1.